The first-order valence-corrected chi connectivity index (χ1v) is 9.59. The molecular formula is C22H28N2O2. The van der Waals surface area contributed by atoms with Crippen molar-refractivity contribution in [3.05, 3.63) is 71.8 Å². The van der Waals surface area contributed by atoms with Crippen LogP contribution in [0.5, 0.6) is 0 Å². The number of hydrogen-bond acceptors (Lipinski definition) is 4. The van der Waals surface area contributed by atoms with Gasteiger partial charge >= 0.3 is 0 Å². The van der Waals surface area contributed by atoms with Crippen molar-refractivity contribution < 1.29 is 9.47 Å². The average Bonchev–Trinajstić information content (AvgIpc) is 2.69. The molecule has 2 fully saturated rings. The fourth-order valence-corrected chi connectivity index (χ4v) is 4.23. The summed E-state index contributed by atoms with van der Waals surface area (Å²) >= 11 is 0. The molecule has 2 N–H and O–H groups in total. The molecule has 0 amide bonds. The van der Waals surface area contributed by atoms with E-state index in [1.165, 1.54) is 11.1 Å². The lowest BCUT2D eigenvalue weighted by atomic mass is 9.87. The molecule has 138 valence electrons. The summed E-state index contributed by atoms with van der Waals surface area (Å²) in [6.45, 7) is 5.54. The SMILES string of the molecule is CCC[C@]12N[C@H](c3ccccc3)CO[C@@]1(C)N[C@H](c1ccccc1)CO2. The summed E-state index contributed by atoms with van der Waals surface area (Å²) in [5.41, 5.74) is 1.35. The normalized spacial score (nSPS) is 34.2. The van der Waals surface area contributed by atoms with Crippen LogP contribution in [0.15, 0.2) is 60.7 Å². The van der Waals surface area contributed by atoms with E-state index in [0.717, 1.165) is 12.8 Å². The largest absolute Gasteiger partial charge is 0.354 e. The Morgan fingerprint density at radius 3 is 1.96 bits per heavy atom. The van der Waals surface area contributed by atoms with Gasteiger partial charge in [-0.25, -0.2) is 0 Å². The van der Waals surface area contributed by atoms with Crippen molar-refractivity contribution in [3.8, 4) is 0 Å². The number of fused-ring (bicyclic) bond motifs is 1. The monoisotopic (exact) mass is 352 g/mol. The molecular weight excluding hydrogens is 324 g/mol. The molecule has 4 atom stereocenters. The van der Waals surface area contributed by atoms with Gasteiger partial charge in [0.05, 0.1) is 25.3 Å². The third-order valence-corrected chi connectivity index (χ3v) is 5.67. The summed E-state index contributed by atoms with van der Waals surface area (Å²) in [7, 11) is 0. The predicted molar refractivity (Wildman–Crippen MR) is 103 cm³/mol. The maximum Gasteiger partial charge on any atom is 0.162 e. The van der Waals surface area contributed by atoms with Crippen molar-refractivity contribution in [2.75, 3.05) is 13.2 Å². The number of benzene rings is 2. The van der Waals surface area contributed by atoms with Gasteiger partial charge in [0.2, 0.25) is 0 Å². The fraction of sp³-hybridized carbons (Fsp3) is 0.455. The molecule has 0 spiro atoms. The van der Waals surface area contributed by atoms with E-state index >= 15 is 0 Å². The Bertz CT molecular complexity index is 723. The Morgan fingerprint density at radius 1 is 0.846 bits per heavy atom. The number of ether oxygens (including phenoxy) is 2. The second-order valence-electron chi connectivity index (χ2n) is 7.45. The predicted octanol–water partition coefficient (Wildman–Crippen LogP) is 3.92. The van der Waals surface area contributed by atoms with Gasteiger partial charge in [0.1, 0.15) is 0 Å². The Balaban J connectivity index is 1.60. The summed E-state index contributed by atoms with van der Waals surface area (Å²) in [5, 5.41) is 7.52. The molecule has 2 aliphatic rings. The first-order chi connectivity index (χ1) is 12.7. The molecule has 2 aromatic rings. The van der Waals surface area contributed by atoms with Gasteiger partial charge in [-0.3, -0.25) is 10.6 Å². The van der Waals surface area contributed by atoms with Gasteiger partial charge in [-0.2, -0.15) is 0 Å². The van der Waals surface area contributed by atoms with Gasteiger partial charge in [-0.1, -0.05) is 74.0 Å². The molecule has 2 heterocycles. The zero-order chi connectivity index (χ0) is 18.0. The topological polar surface area (TPSA) is 42.5 Å². The fourth-order valence-electron chi connectivity index (χ4n) is 4.23. The lowest BCUT2D eigenvalue weighted by molar-refractivity contribution is -0.298. The zero-order valence-electron chi connectivity index (χ0n) is 15.6. The minimum absolute atomic E-state index is 0.126. The van der Waals surface area contributed by atoms with E-state index in [4.69, 9.17) is 9.47 Å². The van der Waals surface area contributed by atoms with Crippen molar-refractivity contribution >= 4 is 0 Å². The summed E-state index contributed by atoms with van der Waals surface area (Å²) in [6.07, 6.45) is 1.91. The summed E-state index contributed by atoms with van der Waals surface area (Å²) in [6, 6.07) is 21.2. The van der Waals surface area contributed by atoms with Crippen molar-refractivity contribution in [3.63, 3.8) is 0 Å². The molecule has 4 rings (SSSR count). The zero-order valence-corrected chi connectivity index (χ0v) is 15.6. The van der Waals surface area contributed by atoms with E-state index in [2.05, 4.69) is 73.0 Å². The molecule has 0 bridgehead atoms. The Hall–Kier alpha value is -1.72. The molecule has 0 saturated carbocycles. The van der Waals surface area contributed by atoms with Crippen LogP contribution in [0, 0.1) is 0 Å². The molecule has 2 saturated heterocycles. The van der Waals surface area contributed by atoms with Gasteiger partial charge in [-0.15, -0.1) is 0 Å². The molecule has 0 aromatic heterocycles. The Kier molecular flexibility index (Phi) is 4.84. The highest BCUT2D eigenvalue weighted by Crippen LogP contribution is 2.42. The minimum atomic E-state index is -0.576. The Morgan fingerprint density at radius 2 is 1.38 bits per heavy atom. The molecule has 0 aliphatic carbocycles. The highest BCUT2D eigenvalue weighted by molar-refractivity contribution is 5.24. The van der Waals surface area contributed by atoms with Crippen LogP contribution >= 0.6 is 0 Å². The third-order valence-electron chi connectivity index (χ3n) is 5.67. The van der Waals surface area contributed by atoms with Crippen LogP contribution in [0.4, 0.5) is 0 Å². The summed E-state index contributed by atoms with van der Waals surface area (Å²) < 4.78 is 13.0. The highest BCUT2D eigenvalue weighted by Gasteiger charge is 2.57. The molecule has 4 nitrogen and oxygen atoms in total. The van der Waals surface area contributed by atoms with Gasteiger partial charge in [0.25, 0.3) is 0 Å². The molecule has 0 unspecified atom stereocenters. The van der Waals surface area contributed by atoms with E-state index in [0.29, 0.717) is 13.2 Å². The van der Waals surface area contributed by atoms with Crippen LogP contribution in [-0.2, 0) is 9.47 Å². The van der Waals surface area contributed by atoms with Crippen molar-refractivity contribution in [1.29, 1.82) is 0 Å². The highest BCUT2D eigenvalue weighted by atomic mass is 16.6. The van der Waals surface area contributed by atoms with E-state index in [-0.39, 0.29) is 12.1 Å². The van der Waals surface area contributed by atoms with E-state index in [1.807, 2.05) is 12.1 Å². The first-order valence-electron chi connectivity index (χ1n) is 9.59. The number of nitrogens with one attached hydrogen (secondary N) is 2. The maximum absolute atomic E-state index is 6.53. The lowest BCUT2D eigenvalue weighted by Crippen LogP contribution is -2.77. The molecule has 2 aromatic carbocycles. The van der Waals surface area contributed by atoms with Crippen LogP contribution in [0.3, 0.4) is 0 Å². The van der Waals surface area contributed by atoms with Crippen LogP contribution in [-0.4, -0.2) is 24.7 Å². The van der Waals surface area contributed by atoms with Gasteiger partial charge in [-0.05, 0) is 24.5 Å². The van der Waals surface area contributed by atoms with Crippen LogP contribution in [0.25, 0.3) is 0 Å². The second kappa shape index (κ2) is 7.12. The smallest absolute Gasteiger partial charge is 0.162 e. The van der Waals surface area contributed by atoms with Crippen molar-refractivity contribution in [1.82, 2.24) is 10.6 Å². The van der Waals surface area contributed by atoms with Gasteiger partial charge in [0.15, 0.2) is 11.4 Å². The maximum atomic E-state index is 6.53. The van der Waals surface area contributed by atoms with Crippen LogP contribution < -0.4 is 10.6 Å². The van der Waals surface area contributed by atoms with E-state index in [1.54, 1.807) is 0 Å². The van der Waals surface area contributed by atoms with Crippen LogP contribution in [0.2, 0.25) is 0 Å². The van der Waals surface area contributed by atoms with E-state index < -0.39 is 11.4 Å². The quantitative estimate of drug-likeness (QED) is 0.875. The average molecular weight is 352 g/mol. The van der Waals surface area contributed by atoms with Gasteiger partial charge < -0.3 is 9.47 Å². The molecule has 4 heteroatoms. The van der Waals surface area contributed by atoms with Crippen LogP contribution in [0.1, 0.15) is 49.9 Å². The number of morpholine rings is 2. The Labute approximate surface area is 155 Å². The summed E-state index contributed by atoms with van der Waals surface area (Å²) in [5.74, 6) is 0. The first kappa shape index (κ1) is 17.7. The molecule has 2 aliphatic heterocycles. The van der Waals surface area contributed by atoms with E-state index in [9.17, 15) is 0 Å². The number of hydrogen-bond donors (Lipinski definition) is 2. The lowest BCUT2D eigenvalue weighted by Gasteiger charge is -2.58. The second-order valence-corrected chi connectivity index (χ2v) is 7.45. The third kappa shape index (κ3) is 3.08. The van der Waals surface area contributed by atoms with Gasteiger partial charge in [0, 0.05) is 0 Å². The number of rotatable bonds is 4. The van der Waals surface area contributed by atoms with Crippen molar-refractivity contribution in [2.24, 2.45) is 0 Å². The molecule has 0 radical (unpaired) electrons. The standard InChI is InChI=1S/C22H28N2O2/c1-3-14-22-21(2,23-19(16-26-22)17-10-6-4-7-11-17)25-15-20(24-22)18-12-8-5-9-13-18/h4-13,19-20,23-24H,3,14-16H2,1-2H3/t19-,20-,21+,22+/m0/s1. The minimum Gasteiger partial charge on any atom is -0.354 e. The van der Waals surface area contributed by atoms with Crippen molar-refractivity contribution in [2.45, 2.75) is 50.2 Å². The molecule has 26 heavy (non-hydrogen) atoms. The summed E-state index contributed by atoms with van der Waals surface area (Å²) in [4.78, 5) is 0.